The third-order valence-electron chi connectivity index (χ3n) is 4.16. The Bertz CT molecular complexity index is 907. The third-order valence-corrected chi connectivity index (χ3v) is 6.66. The number of rotatable bonds is 12. The van der Waals surface area contributed by atoms with Gasteiger partial charge in [-0.25, -0.2) is 17.8 Å². The smallest absolute Gasteiger partial charge is 0.266 e. The van der Waals surface area contributed by atoms with Gasteiger partial charge >= 0.3 is 0 Å². The molecule has 1 aromatic heterocycles. The fourth-order valence-corrected chi connectivity index (χ4v) is 4.85. The van der Waals surface area contributed by atoms with Crippen molar-refractivity contribution < 1.29 is 17.2 Å². The maximum absolute atomic E-state index is 14.4. The number of nitrogens with zero attached hydrogens (tertiary/aromatic N) is 1. The van der Waals surface area contributed by atoms with Crippen LogP contribution in [0.4, 0.5) is 19.6 Å². The summed E-state index contributed by atoms with van der Waals surface area (Å²) in [5, 5.41) is 2.25. The van der Waals surface area contributed by atoms with Crippen LogP contribution in [-0.4, -0.2) is 26.0 Å². The van der Waals surface area contributed by atoms with Gasteiger partial charge in [-0.2, -0.15) is 4.39 Å². The third kappa shape index (κ3) is 7.69. The van der Waals surface area contributed by atoms with Crippen LogP contribution in [0.5, 0.6) is 0 Å². The number of nitrogens with two attached hydrogens (primary N) is 1. The maximum atomic E-state index is 14.4. The maximum Gasteiger partial charge on any atom is 0.266 e. The van der Waals surface area contributed by atoms with Gasteiger partial charge in [0.15, 0.2) is 10.3 Å². The number of sulfonamides is 1. The van der Waals surface area contributed by atoms with Crippen molar-refractivity contribution in [3.8, 4) is 0 Å². The Hall–Kier alpha value is -1.49. The van der Waals surface area contributed by atoms with Crippen molar-refractivity contribution in [2.75, 3.05) is 16.6 Å². The molecule has 0 saturated heterocycles. The molecule has 0 radical (unpaired) electrons. The van der Waals surface area contributed by atoms with E-state index >= 15 is 0 Å². The molecule has 2 aromatic rings. The Kier molecular flexibility index (Phi) is 9.06. The zero-order valence-corrected chi connectivity index (χ0v) is 18.4. The summed E-state index contributed by atoms with van der Waals surface area (Å²) >= 11 is 6.62. The van der Waals surface area contributed by atoms with E-state index in [0.717, 1.165) is 56.9 Å². The number of unbranched alkanes of at least 4 members (excludes halogenated alkanes) is 4. The van der Waals surface area contributed by atoms with Crippen LogP contribution in [0.15, 0.2) is 23.2 Å². The summed E-state index contributed by atoms with van der Waals surface area (Å²) in [5.41, 5.74) is 6.03. The number of aromatic nitrogens is 1. The molecule has 4 N–H and O–H groups in total. The van der Waals surface area contributed by atoms with Gasteiger partial charge in [-0.3, -0.25) is 4.72 Å². The molecule has 2 rings (SSSR count). The lowest BCUT2D eigenvalue weighted by molar-refractivity contribution is 0.560. The molecule has 0 fully saturated rings. The summed E-state index contributed by atoms with van der Waals surface area (Å²) in [4.78, 5) is 2.93. The monoisotopic (exact) mass is 466 g/mol. The van der Waals surface area contributed by atoms with E-state index in [4.69, 9.17) is 17.3 Å². The van der Waals surface area contributed by atoms with Gasteiger partial charge in [-0.15, -0.1) is 0 Å². The minimum absolute atomic E-state index is 0.0778. The van der Waals surface area contributed by atoms with E-state index < -0.39 is 25.9 Å². The second-order valence-corrected chi connectivity index (χ2v) is 9.84. The number of benzene rings is 1. The number of halogens is 3. The van der Waals surface area contributed by atoms with Gasteiger partial charge in [-0.1, -0.05) is 48.6 Å². The molecule has 0 unspecified atom stereocenters. The number of hydrogen-bond donors (Lipinski definition) is 3. The molecule has 0 aliphatic heterocycles. The van der Waals surface area contributed by atoms with Crippen molar-refractivity contribution in [3.05, 3.63) is 34.3 Å². The van der Waals surface area contributed by atoms with Crippen molar-refractivity contribution in [1.82, 2.24) is 4.98 Å². The Labute approximate surface area is 178 Å². The SMILES string of the molecule is C[C@@H](N)CCCCCCCNc1cc(F)c(S(=O)(=O)Nc2ncc(F)s2)cc1Cl. The molecule has 29 heavy (non-hydrogen) atoms. The lowest BCUT2D eigenvalue weighted by atomic mass is 10.1. The van der Waals surface area contributed by atoms with Crippen LogP contribution in [0.25, 0.3) is 0 Å². The van der Waals surface area contributed by atoms with E-state index in [1.54, 1.807) is 0 Å². The number of thiazole rings is 1. The largest absolute Gasteiger partial charge is 0.384 e. The van der Waals surface area contributed by atoms with Gasteiger partial charge in [0, 0.05) is 12.6 Å². The van der Waals surface area contributed by atoms with E-state index in [1.807, 2.05) is 11.6 Å². The lowest BCUT2D eigenvalue weighted by Crippen LogP contribution is -2.15. The fourth-order valence-electron chi connectivity index (χ4n) is 2.69. The summed E-state index contributed by atoms with van der Waals surface area (Å²) in [7, 11) is -4.28. The minimum Gasteiger partial charge on any atom is -0.384 e. The van der Waals surface area contributed by atoms with Crippen LogP contribution in [0.1, 0.15) is 45.4 Å². The average molecular weight is 467 g/mol. The minimum atomic E-state index is -4.28. The Morgan fingerprint density at radius 1 is 1.21 bits per heavy atom. The molecular weight excluding hydrogens is 442 g/mol. The van der Waals surface area contributed by atoms with Gasteiger partial charge in [0.05, 0.1) is 16.9 Å². The Morgan fingerprint density at radius 2 is 1.90 bits per heavy atom. The summed E-state index contributed by atoms with van der Waals surface area (Å²) in [6, 6.07) is 2.31. The Morgan fingerprint density at radius 3 is 2.55 bits per heavy atom. The summed E-state index contributed by atoms with van der Waals surface area (Å²) < 4.78 is 54.1. The first-order valence-electron chi connectivity index (χ1n) is 9.31. The van der Waals surface area contributed by atoms with Gasteiger partial charge in [0.25, 0.3) is 10.0 Å². The van der Waals surface area contributed by atoms with E-state index in [-0.39, 0.29) is 16.2 Å². The molecule has 1 atom stereocenters. The lowest BCUT2D eigenvalue weighted by Gasteiger charge is -2.12. The highest BCUT2D eigenvalue weighted by Gasteiger charge is 2.23. The van der Waals surface area contributed by atoms with Crippen LogP contribution in [-0.2, 0) is 10.0 Å². The number of hydrogen-bond acceptors (Lipinski definition) is 6. The molecule has 162 valence electrons. The molecule has 1 heterocycles. The van der Waals surface area contributed by atoms with E-state index in [9.17, 15) is 17.2 Å². The molecule has 0 bridgehead atoms. The normalized spacial score (nSPS) is 12.7. The van der Waals surface area contributed by atoms with Crippen LogP contribution in [0.2, 0.25) is 5.02 Å². The summed E-state index contributed by atoms with van der Waals surface area (Å²) in [6.45, 7) is 2.59. The highest BCUT2D eigenvalue weighted by Crippen LogP contribution is 2.30. The van der Waals surface area contributed by atoms with Crippen molar-refractivity contribution in [3.63, 3.8) is 0 Å². The second kappa shape index (κ2) is 11.1. The van der Waals surface area contributed by atoms with Gasteiger partial charge < -0.3 is 11.1 Å². The molecule has 0 aliphatic rings. The predicted octanol–water partition coefficient (Wildman–Crippen LogP) is 4.98. The zero-order valence-electron chi connectivity index (χ0n) is 16.1. The zero-order chi connectivity index (χ0) is 21.4. The molecule has 0 spiro atoms. The van der Waals surface area contributed by atoms with Crippen LogP contribution in [0, 0.1) is 10.9 Å². The molecular formula is C18H25ClF2N4O2S2. The van der Waals surface area contributed by atoms with E-state index in [0.29, 0.717) is 23.6 Å². The standard InChI is InChI=1S/C18H25ClF2N4O2S2/c1-12(22)7-5-3-2-4-6-8-23-15-10-14(20)16(9-13(15)19)29(26,27)25-18-24-11-17(21)28-18/h9-12,23H,2-8,22H2,1H3,(H,24,25)/t12-/m1/s1. The van der Waals surface area contributed by atoms with Gasteiger partial charge in [0.2, 0.25) is 0 Å². The van der Waals surface area contributed by atoms with Gasteiger partial charge in [0.1, 0.15) is 10.7 Å². The average Bonchev–Trinajstić information content (AvgIpc) is 3.03. The summed E-state index contributed by atoms with van der Waals surface area (Å²) in [6.07, 6.45) is 7.13. The topological polar surface area (TPSA) is 97.1 Å². The van der Waals surface area contributed by atoms with Gasteiger partial charge in [-0.05, 0) is 31.9 Å². The highest BCUT2D eigenvalue weighted by molar-refractivity contribution is 7.93. The quantitative estimate of drug-likeness (QED) is 0.383. The van der Waals surface area contributed by atoms with Crippen molar-refractivity contribution >= 4 is 43.8 Å². The Balaban J connectivity index is 1.88. The highest BCUT2D eigenvalue weighted by atomic mass is 35.5. The first kappa shape index (κ1) is 23.8. The first-order valence-corrected chi connectivity index (χ1v) is 12.0. The molecule has 0 saturated carbocycles. The number of anilines is 2. The van der Waals surface area contributed by atoms with Crippen LogP contribution in [0.3, 0.4) is 0 Å². The molecule has 11 heteroatoms. The van der Waals surface area contributed by atoms with Crippen molar-refractivity contribution in [1.29, 1.82) is 0 Å². The fraction of sp³-hybridized carbons (Fsp3) is 0.500. The van der Waals surface area contributed by atoms with Crippen LogP contribution >= 0.6 is 22.9 Å². The molecule has 1 aromatic carbocycles. The van der Waals surface area contributed by atoms with E-state index in [1.165, 1.54) is 0 Å². The summed E-state index contributed by atoms with van der Waals surface area (Å²) in [5.74, 6) is -0.961. The molecule has 0 aliphatic carbocycles. The first-order chi connectivity index (χ1) is 13.7. The van der Waals surface area contributed by atoms with Crippen molar-refractivity contribution in [2.45, 2.75) is 56.4 Å². The molecule has 6 nitrogen and oxygen atoms in total. The molecule has 0 amide bonds. The van der Waals surface area contributed by atoms with Crippen LogP contribution < -0.4 is 15.8 Å². The predicted molar refractivity (Wildman–Crippen MR) is 114 cm³/mol. The number of nitrogens with one attached hydrogen (secondary N) is 2. The second-order valence-electron chi connectivity index (χ2n) is 6.80. The van der Waals surface area contributed by atoms with Crippen molar-refractivity contribution in [2.24, 2.45) is 5.73 Å². The van der Waals surface area contributed by atoms with E-state index in [2.05, 4.69) is 10.3 Å².